The van der Waals surface area contributed by atoms with Crippen molar-refractivity contribution in [1.82, 2.24) is 14.7 Å². The smallest absolute Gasteiger partial charge is 0.336 e. The standard InChI is InChI=1S/C25H30N4O4/c1-33-21-11-9-20(10-12-21)18-28-22(30)25(29(23(26)31)24(28)32)13-16-27(17-14-25)15-5-8-19-6-3-2-4-7-19/h2-4,6-7,9-12H,5,8,13-18H2,1H3,(H2,26,31). The second kappa shape index (κ2) is 9.62. The fourth-order valence-corrected chi connectivity index (χ4v) is 4.83. The molecule has 2 heterocycles. The van der Waals surface area contributed by atoms with Gasteiger partial charge in [-0.05, 0) is 55.5 Å². The highest BCUT2D eigenvalue weighted by molar-refractivity contribution is 6.13. The number of ether oxygens (including phenoxy) is 1. The molecule has 0 aromatic heterocycles. The molecule has 2 N–H and O–H groups in total. The molecule has 4 rings (SSSR count). The van der Waals surface area contributed by atoms with Crippen LogP contribution in [0.5, 0.6) is 5.75 Å². The van der Waals surface area contributed by atoms with Gasteiger partial charge in [0.15, 0.2) is 0 Å². The Bertz CT molecular complexity index is 1000. The van der Waals surface area contributed by atoms with Gasteiger partial charge in [0.05, 0.1) is 13.7 Å². The lowest BCUT2D eigenvalue weighted by Gasteiger charge is -2.40. The molecule has 2 aliphatic heterocycles. The average Bonchev–Trinajstić information content (AvgIpc) is 3.03. The first-order valence-electron chi connectivity index (χ1n) is 11.3. The van der Waals surface area contributed by atoms with Crippen LogP contribution in [0.3, 0.4) is 0 Å². The van der Waals surface area contributed by atoms with E-state index < -0.39 is 17.6 Å². The van der Waals surface area contributed by atoms with E-state index in [1.54, 1.807) is 31.4 Å². The number of imide groups is 2. The number of nitrogens with zero attached hydrogens (tertiary/aromatic N) is 3. The summed E-state index contributed by atoms with van der Waals surface area (Å²) < 4.78 is 5.16. The van der Waals surface area contributed by atoms with Crippen LogP contribution in [0.15, 0.2) is 54.6 Å². The number of primary amides is 1. The fourth-order valence-electron chi connectivity index (χ4n) is 4.83. The van der Waals surface area contributed by atoms with Crippen LogP contribution in [0.25, 0.3) is 0 Å². The summed E-state index contributed by atoms with van der Waals surface area (Å²) in [7, 11) is 1.57. The molecule has 0 unspecified atom stereocenters. The van der Waals surface area contributed by atoms with Crippen LogP contribution < -0.4 is 10.5 Å². The van der Waals surface area contributed by atoms with Gasteiger partial charge in [-0.2, -0.15) is 0 Å². The molecule has 2 saturated heterocycles. The normalized spacial score (nSPS) is 18.2. The summed E-state index contributed by atoms with van der Waals surface area (Å²) in [6.45, 7) is 2.26. The minimum atomic E-state index is -1.19. The van der Waals surface area contributed by atoms with Crippen LogP contribution in [-0.2, 0) is 17.8 Å². The number of amides is 5. The molecule has 1 spiro atoms. The van der Waals surface area contributed by atoms with Crippen molar-refractivity contribution < 1.29 is 19.1 Å². The van der Waals surface area contributed by atoms with Crippen LogP contribution >= 0.6 is 0 Å². The van der Waals surface area contributed by atoms with E-state index in [4.69, 9.17) is 10.5 Å². The van der Waals surface area contributed by atoms with E-state index in [2.05, 4.69) is 17.0 Å². The SMILES string of the molecule is COc1ccc(CN2C(=O)N(C(N)=O)C3(CCN(CCCc4ccccc4)CC3)C2=O)cc1. The van der Waals surface area contributed by atoms with E-state index in [0.29, 0.717) is 31.7 Å². The number of piperidine rings is 1. The number of likely N-dealkylation sites (tertiary alicyclic amines) is 1. The van der Waals surface area contributed by atoms with Gasteiger partial charge in [-0.1, -0.05) is 42.5 Å². The summed E-state index contributed by atoms with van der Waals surface area (Å²) in [4.78, 5) is 43.2. The molecule has 0 bridgehead atoms. The van der Waals surface area contributed by atoms with Crippen molar-refractivity contribution in [2.45, 2.75) is 37.8 Å². The number of benzene rings is 2. The predicted molar refractivity (Wildman–Crippen MR) is 124 cm³/mol. The topological polar surface area (TPSA) is 96.2 Å². The molecular formula is C25H30N4O4. The molecule has 33 heavy (non-hydrogen) atoms. The predicted octanol–water partition coefficient (Wildman–Crippen LogP) is 3.01. The zero-order valence-electron chi connectivity index (χ0n) is 18.9. The van der Waals surface area contributed by atoms with Gasteiger partial charge in [-0.15, -0.1) is 0 Å². The van der Waals surface area contributed by atoms with Gasteiger partial charge in [-0.3, -0.25) is 9.69 Å². The third-order valence-corrected chi connectivity index (χ3v) is 6.68. The minimum Gasteiger partial charge on any atom is -0.497 e. The molecule has 2 aromatic carbocycles. The second-order valence-electron chi connectivity index (χ2n) is 8.66. The summed E-state index contributed by atoms with van der Waals surface area (Å²) in [5.74, 6) is 0.346. The lowest BCUT2D eigenvalue weighted by molar-refractivity contribution is -0.135. The number of urea groups is 2. The monoisotopic (exact) mass is 450 g/mol. The highest BCUT2D eigenvalue weighted by atomic mass is 16.5. The maximum absolute atomic E-state index is 13.5. The highest BCUT2D eigenvalue weighted by Gasteiger charge is 2.60. The molecule has 8 nitrogen and oxygen atoms in total. The Morgan fingerprint density at radius 2 is 1.67 bits per heavy atom. The molecule has 2 aromatic rings. The quantitative estimate of drug-likeness (QED) is 0.654. The van der Waals surface area contributed by atoms with Gasteiger partial charge in [-0.25, -0.2) is 14.5 Å². The van der Waals surface area contributed by atoms with Crippen molar-refractivity contribution in [3.8, 4) is 5.75 Å². The second-order valence-corrected chi connectivity index (χ2v) is 8.66. The lowest BCUT2D eigenvalue weighted by Crippen LogP contribution is -2.59. The average molecular weight is 451 g/mol. The first-order valence-corrected chi connectivity index (χ1v) is 11.3. The Morgan fingerprint density at radius 1 is 1.00 bits per heavy atom. The summed E-state index contributed by atoms with van der Waals surface area (Å²) in [6.07, 6.45) is 2.78. The molecule has 0 aliphatic carbocycles. The number of aryl methyl sites for hydroxylation is 1. The van der Waals surface area contributed by atoms with Crippen molar-refractivity contribution in [2.24, 2.45) is 5.73 Å². The molecule has 8 heteroatoms. The van der Waals surface area contributed by atoms with Crippen LogP contribution in [0, 0.1) is 0 Å². The van der Waals surface area contributed by atoms with Gasteiger partial charge in [0.1, 0.15) is 11.3 Å². The largest absolute Gasteiger partial charge is 0.497 e. The zero-order valence-corrected chi connectivity index (χ0v) is 18.9. The van der Waals surface area contributed by atoms with Crippen molar-refractivity contribution in [2.75, 3.05) is 26.7 Å². The van der Waals surface area contributed by atoms with E-state index in [-0.39, 0.29) is 12.5 Å². The molecule has 0 radical (unpaired) electrons. The molecule has 0 saturated carbocycles. The van der Waals surface area contributed by atoms with Crippen LogP contribution in [-0.4, -0.2) is 65.0 Å². The molecule has 2 aliphatic rings. The maximum Gasteiger partial charge on any atom is 0.336 e. The fraction of sp³-hybridized carbons (Fsp3) is 0.400. The van der Waals surface area contributed by atoms with Crippen LogP contribution in [0.4, 0.5) is 9.59 Å². The first kappa shape index (κ1) is 22.8. The molecule has 0 atom stereocenters. The number of hydrogen-bond acceptors (Lipinski definition) is 5. The number of carbonyl (C=O) groups excluding carboxylic acids is 3. The minimum absolute atomic E-state index is 0.0913. The van der Waals surface area contributed by atoms with E-state index in [1.807, 2.05) is 18.2 Å². The van der Waals surface area contributed by atoms with Crippen molar-refractivity contribution in [1.29, 1.82) is 0 Å². The van der Waals surface area contributed by atoms with Crippen molar-refractivity contribution in [3.63, 3.8) is 0 Å². The number of nitrogens with two attached hydrogens (primary N) is 1. The van der Waals surface area contributed by atoms with Gasteiger partial charge >= 0.3 is 12.1 Å². The number of rotatable bonds is 7. The summed E-state index contributed by atoms with van der Waals surface area (Å²) in [6, 6.07) is 16.0. The van der Waals surface area contributed by atoms with E-state index in [9.17, 15) is 14.4 Å². The van der Waals surface area contributed by atoms with E-state index >= 15 is 0 Å². The van der Waals surface area contributed by atoms with Gasteiger partial charge < -0.3 is 15.4 Å². The number of hydrogen-bond donors (Lipinski definition) is 1. The Hall–Kier alpha value is -3.39. The Morgan fingerprint density at radius 3 is 2.27 bits per heavy atom. The third kappa shape index (κ3) is 4.57. The summed E-state index contributed by atoms with van der Waals surface area (Å²) in [5.41, 5.74) is 6.47. The maximum atomic E-state index is 13.5. The van der Waals surface area contributed by atoms with E-state index in [1.165, 1.54) is 5.56 Å². The van der Waals surface area contributed by atoms with E-state index in [0.717, 1.165) is 34.7 Å². The summed E-state index contributed by atoms with van der Waals surface area (Å²) >= 11 is 0. The van der Waals surface area contributed by atoms with Crippen LogP contribution in [0.2, 0.25) is 0 Å². The number of carbonyl (C=O) groups is 3. The third-order valence-electron chi connectivity index (χ3n) is 6.68. The Kier molecular flexibility index (Phi) is 6.65. The molecule has 2 fully saturated rings. The summed E-state index contributed by atoms with van der Waals surface area (Å²) in [5, 5.41) is 0. The van der Waals surface area contributed by atoms with Gasteiger partial charge in [0.25, 0.3) is 5.91 Å². The highest BCUT2D eigenvalue weighted by Crippen LogP contribution is 2.38. The Balaban J connectivity index is 1.41. The van der Waals surface area contributed by atoms with Crippen molar-refractivity contribution >= 4 is 18.0 Å². The molecule has 174 valence electrons. The molecular weight excluding hydrogens is 420 g/mol. The van der Waals surface area contributed by atoms with Crippen LogP contribution in [0.1, 0.15) is 30.4 Å². The zero-order chi connectivity index (χ0) is 23.4. The first-order chi connectivity index (χ1) is 15.9. The lowest BCUT2D eigenvalue weighted by atomic mass is 9.85. The van der Waals surface area contributed by atoms with Crippen molar-refractivity contribution in [3.05, 3.63) is 65.7 Å². The Labute approximate surface area is 193 Å². The van der Waals surface area contributed by atoms with Gasteiger partial charge in [0.2, 0.25) is 0 Å². The number of methoxy groups -OCH3 is 1. The molecule has 5 amide bonds. The van der Waals surface area contributed by atoms with Gasteiger partial charge in [0, 0.05) is 13.1 Å².